The molecule has 5 heteroatoms. The van der Waals surface area contributed by atoms with Crippen LogP contribution >= 0.6 is 0 Å². The number of hydrogen-bond donors (Lipinski definition) is 2. The summed E-state index contributed by atoms with van der Waals surface area (Å²) in [6.07, 6.45) is 3.89. The van der Waals surface area contributed by atoms with Gasteiger partial charge >= 0.3 is 0 Å². The van der Waals surface area contributed by atoms with Gasteiger partial charge in [-0.2, -0.15) is 0 Å². The SMILES string of the molecule is CN(CC(=O)NC1CC1)CC(=O)c1c[nH]c2ccccc12. The maximum atomic E-state index is 12.4. The van der Waals surface area contributed by atoms with Gasteiger partial charge in [0.1, 0.15) is 0 Å². The molecule has 1 saturated carbocycles. The summed E-state index contributed by atoms with van der Waals surface area (Å²) >= 11 is 0. The summed E-state index contributed by atoms with van der Waals surface area (Å²) in [5.74, 6) is 0.0147. The Balaban J connectivity index is 1.61. The van der Waals surface area contributed by atoms with Crippen LogP contribution in [0.5, 0.6) is 0 Å². The topological polar surface area (TPSA) is 65.2 Å². The number of H-pyrrole nitrogens is 1. The highest BCUT2D eigenvalue weighted by atomic mass is 16.2. The van der Waals surface area contributed by atoms with Crippen molar-refractivity contribution in [3.63, 3.8) is 0 Å². The second-order valence-corrected chi connectivity index (χ2v) is 5.69. The Morgan fingerprint density at radius 2 is 2.05 bits per heavy atom. The maximum Gasteiger partial charge on any atom is 0.234 e. The lowest BCUT2D eigenvalue weighted by molar-refractivity contribution is -0.121. The largest absolute Gasteiger partial charge is 0.360 e. The molecular formula is C16H19N3O2. The number of ketones is 1. The van der Waals surface area contributed by atoms with Gasteiger partial charge in [-0.05, 0) is 26.0 Å². The van der Waals surface area contributed by atoms with Crippen molar-refractivity contribution in [2.45, 2.75) is 18.9 Å². The third-order valence-electron chi connectivity index (χ3n) is 3.66. The van der Waals surface area contributed by atoms with Gasteiger partial charge in [0.2, 0.25) is 5.91 Å². The van der Waals surface area contributed by atoms with Gasteiger partial charge in [0, 0.05) is 28.7 Å². The van der Waals surface area contributed by atoms with Crippen LogP contribution < -0.4 is 5.32 Å². The highest BCUT2D eigenvalue weighted by Crippen LogP contribution is 2.19. The quantitative estimate of drug-likeness (QED) is 0.792. The summed E-state index contributed by atoms with van der Waals surface area (Å²) in [5.41, 5.74) is 1.63. The van der Waals surface area contributed by atoms with E-state index in [2.05, 4.69) is 10.3 Å². The Hall–Kier alpha value is -2.14. The molecule has 1 aliphatic rings. The van der Waals surface area contributed by atoms with Crippen LogP contribution in [0.25, 0.3) is 10.9 Å². The standard InChI is InChI=1S/C16H19N3O2/c1-19(10-16(21)18-11-6-7-11)9-15(20)13-8-17-14-5-3-2-4-12(13)14/h2-5,8,11,17H,6-7,9-10H2,1H3,(H,18,21). The minimum absolute atomic E-state index is 0.00766. The normalized spacial score (nSPS) is 14.6. The van der Waals surface area contributed by atoms with Crippen molar-refractivity contribution in [2.24, 2.45) is 0 Å². The average molecular weight is 285 g/mol. The van der Waals surface area contributed by atoms with Gasteiger partial charge in [-0.25, -0.2) is 0 Å². The molecule has 2 aromatic rings. The number of fused-ring (bicyclic) bond motifs is 1. The molecule has 2 N–H and O–H groups in total. The average Bonchev–Trinajstić information content (AvgIpc) is 3.14. The zero-order chi connectivity index (χ0) is 14.8. The Kier molecular flexibility index (Phi) is 3.75. The van der Waals surface area contributed by atoms with Gasteiger partial charge in [-0.15, -0.1) is 0 Å². The number of aromatic nitrogens is 1. The lowest BCUT2D eigenvalue weighted by atomic mass is 10.1. The van der Waals surface area contributed by atoms with Crippen LogP contribution in [0.15, 0.2) is 30.5 Å². The van der Waals surface area contributed by atoms with Crippen molar-refractivity contribution < 1.29 is 9.59 Å². The van der Waals surface area contributed by atoms with E-state index < -0.39 is 0 Å². The molecule has 3 rings (SSSR count). The van der Waals surface area contributed by atoms with E-state index in [1.807, 2.05) is 24.3 Å². The molecule has 0 bridgehead atoms. The van der Waals surface area contributed by atoms with Gasteiger partial charge in [-0.1, -0.05) is 18.2 Å². The number of Topliss-reactive ketones (excluding diaryl/α,β-unsaturated/α-hetero) is 1. The molecule has 0 radical (unpaired) electrons. The van der Waals surface area contributed by atoms with E-state index in [1.165, 1.54) is 0 Å². The lowest BCUT2D eigenvalue weighted by Crippen LogP contribution is -2.38. The molecular weight excluding hydrogens is 266 g/mol. The van der Waals surface area contributed by atoms with Crippen molar-refractivity contribution in [3.8, 4) is 0 Å². The summed E-state index contributed by atoms with van der Waals surface area (Å²) in [6.45, 7) is 0.491. The molecule has 110 valence electrons. The van der Waals surface area contributed by atoms with Gasteiger partial charge in [0.15, 0.2) is 5.78 Å². The number of likely N-dealkylation sites (N-methyl/N-ethyl adjacent to an activating group) is 1. The first-order valence-corrected chi connectivity index (χ1v) is 7.20. The minimum Gasteiger partial charge on any atom is -0.360 e. The van der Waals surface area contributed by atoms with E-state index in [9.17, 15) is 9.59 Å². The third kappa shape index (κ3) is 3.31. The fourth-order valence-corrected chi connectivity index (χ4v) is 2.43. The first-order chi connectivity index (χ1) is 10.1. The number of benzene rings is 1. The first kappa shape index (κ1) is 13.8. The smallest absolute Gasteiger partial charge is 0.234 e. The fourth-order valence-electron chi connectivity index (χ4n) is 2.43. The number of amides is 1. The summed E-state index contributed by atoms with van der Waals surface area (Å²) in [4.78, 5) is 28.9. The second-order valence-electron chi connectivity index (χ2n) is 5.69. The fraction of sp³-hybridized carbons (Fsp3) is 0.375. The Labute approximate surface area is 123 Å². The van der Waals surface area contributed by atoms with E-state index >= 15 is 0 Å². The Bertz CT molecular complexity index is 673. The predicted octanol–water partition coefficient (Wildman–Crippen LogP) is 1.56. The molecule has 0 atom stereocenters. The Morgan fingerprint density at radius 3 is 2.81 bits per heavy atom. The van der Waals surface area contributed by atoms with E-state index in [-0.39, 0.29) is 24.8 Å². The lowest BCUT2D eigenvalue weighted by Gasteiger charge is -2.15. The highest BCUT2D eigenvalue weighted by molar-refractivity contribution is 6.08. The van der Waals surface area contributed by atoms with E-state index in [4.69, 9.17) is 0 Å². The maximum absolute atomic E-state index is 12.4. The third-order valence-corrected chi connectivity index (χ3v) is 3.66. The monoisotopic (exact) mass is 285 g/mol. The van der Waals surface area contributed by atoms with Crippen molar-refractivity contribution in [1.29, 1.82) is 0 Å². The Morgan fingerprint density at radius 1 is 1.29 bits per heavy atom. The van der Waals surface area contributed by atoms with Gasteiger partial charge in [-0.3, -0.25) is 14.5 Å². The number of hydrogen-bond acceptors (Lipinski definition) is 3. The van der Waals surface area contributed by atoms with Crippen LogP contribution in [-0.2, 0) is 4.79 Å². The summed E-state index contributed by atoms with van der Waals surface area (Å²) < 4.78 is 0. The summed E-state index contributed by atoms with van der Waals surface area (Å²) in [7, 11) is 1.79. The molecule has 0 spiro atoms. The van der Waals surface area contributed by atoms with Gasteiger partial charge < -0.3 is 10.3 Å². The van der Waals surface area contributed by atoms with Crippen molar-refractivity contribution in [2.75, 3.05) is 20.1 Å². The number of rotatable bonds is 6. The minimum atomic E-state index is -0.00766. The molecule has 0 aliphatic heterocycles. The van der Waals surface area contributed by atoms with E-state index in [1.54, 1.807) is 18.1 Å². The molecule has 21 heavy (non-hydrogen) atoms. The molecule has 1 fully saturated rings. The van der Waals surface area contributed by atoms with E-state index in [0.717, 1.165) is 23.7 Å². The highest BCUT2D eigenvalue weighted by Gasteiger charge is 2.24. The van der Waals surface area contributed by atoms with Crippen molar-refractivity contribution in [3.05, 3.63) is 36.0 Å². The van der Waals surface area contributed by atoms with Crippen LogP contribution in [0.4, 0.5) is 0 Å². The molecule has 1 amide bonds. The zero-order valence-corrected chi connectivity index (χ0v) is 12.1. The second kappa shape index (κ2) is 5.69. The molecule has 0 unspecified atom stereocenters. The molecule has 1 aromatic heterocycles. The summed E-state index contributed by atoms with van der Waals surface area (Å²) in [5, 5.41) is 3.85. The van der Waals surface area contributed by atoms with Crippen LogP contribution in [0.2, 0.25) is 0 Å². The molecule has 1 aliphatic carbocycles. The number of carbonyl (C=O) groups excluding carboxylic acids is 2. The van der Waals surface area contributed by atoms with E-state index in [0.29, 0.717) is 11.6 Å². The number of nitrogens with one attached hydrogen (secondary N) is 2. The molecule has 0 saturated heterocycles. The molecule has 5 nitrogen and oxygen atoms in total. The van der Waals surface area contributed by atoms with Crippen molar-refractivity contribution >= 4 is 22.6 Å². The summed E-state index contributed by atoms with van der Waals surface area (Å²) in [6, 6.07) is 8.08. The number of carbonyl (C=O) groups is 2. The number of nitrogens with zero attached hydrogens (tertiary/aromatic N) is 1. The molecule has 1 aromatic carbocycles. The van der Waals surface area contributed by atoms with Crippen LogP contribution in [0, 0.1) is 0 Å². The zero-order valence-electron chi connectivity index (χ0n) is 12.1. The van der Waals surface area contributed by atoms with Gasteiger partial charge in [0.25, 0.3) is 0 Å². The van der Waals surface area contributed by atoms with Crippen LogP contribution in [0.1, 0.15) is 23.2 Å². The number of aromatic amines is 1. The van der Waals surface area contributed by atoms with Crippen molar-refractivity contribution in [1.82, 2.24) is 15.2 Å². The first-order valence-electron chi connectivity index (χ1n) is 7.20. The molecule has 1 heterocycles. The predicted molar refractivity (Wildman–Crippen MR) is 81.3 cm³/mol. The number of para-hydroxylation sites is 1. The van der Waals surface area contributed by atoms with Crippen LogP contribution in [-0.4, -0.2) is 47.8 Å². The van der Waals surface area contributed by atoms with Crippen LogP contribution in [0.3, 0.4) is 0 Å². The van der Waals surface area contributed by atoms with Gasteiger partial charge in [0.05, 0.1) is 13.1 Å².